The van der Waals surface area contributed by atoms with Gasteiger partial charge in [-0.3, -0.25) is 19.0 Å². The van der Waals surface area contributed by atoms with Crippen molar-refractivity contribution in [3.63, 3.8) is 0 Å². The highest BCUT2D eigenvalue weighted by atomic mass is 32.2. The Morgan fingerprint density at radius 2 is 1.73 bits per heavy atom. The number of pyridine rings is 1. The molecule has 3 aliphatic heterocycles. The quantitative estimate of drug-likeness (QED) is 0.101. The van der Waals surface area contributed by atoms with Gasteiger partial charge in [0, 0.05) is 67.1 Å². The van der Waals surface area contributed by atoms with Crippen molar-refractivity contribution in [2.45, 2.75) is 93.6 Å². The molecule has 4 amide bonds. The molecule has 0 saturated carbocycles. The zero-order valence-corrected chi connectivity index (χ0v) is 31.8. The molecule has 2 fully saturated rings. The lowest BCUT2D eigenvalue weighted by Crippen LogP contribution is -2.43. The highest BCUT2D eigenvalue weighted by Crippen LogP contribution is 2.45. The predicted octanol–water partition coefficient (Wildman–Crippen LogP) is 2.87. The maximum atomic E-state index is 13.5. The zero-order chi connectivity index (χ0) is 35.7. The van der Waals surface area contributed by atoms with E-state index < -0.39 is 0 Å². The highest BCUT2D eigenvalue weighted by Gasteiger charge is 2.42. The number of benzene rings is 1. The largest absolute Gasteiger partial charge is 0.356 e. The van der Waals surface area contributed by atoms with Crippen LogP contribution in [0.1, 0.15) is 64.0 Å². The van der Waals surface area contributed by atoms with Gasteiger partial charge in [0.05, 0.1) is 24.3 Å². The van der Waals surface area contributed by atoms with E-state index in [2.05, 4.69) is 48.9 Å². The lowest BCUT2D eigenvalue weighted by atomic mass is 10.0. The van der Waals surface area contributed by atoms with E-state index in [1.807, 2.05) is 66.8 Å². The molecule has 11 nitrogen and oxygen atoms in total. The number of thiazole rings is 1. The normalized spacial score (nSPS) is 20.6. The summed E-state index contributed by atoms with van der Waals surface area (Å²) in [7, 11) is 2.01. The number of hydrogen-bond acceptors (Lipinski definition) is 8. The summed E-state index contributed by atoms with van der Waals surface area (Å²) in [5.74, 6) is 1.07. The van der Waals surface area contributed by atoms with Crippen LogP contribution in [0, 0.1) is 0 Å². The summed E-state index contributed by atoms with van der Waals surface area (Å²) in [6.45, 7) is 4.32. The van der Waals surface area contributed by atoms with Crippen molar-refractivity contribution in [1.82, 2.24) is 25.8 Å². The molecule has 0 radical (unpaired) electrons. The van der Waals surface area contributed by atoms with Crippen LogP contribution in [0.2, 0.25) is 0 Å². The summed E-state index contributed by atoms with van der Waals surface area (Å²) < 4.78 is 5.57. The van der Waals surface area contributed by atoms with Crippen LogP contribution in [0.5, 0.6) is 0 Å². The number of carbonyl (C=O) groups excluding carboxylic acids is 3. The molecule has 272 valence electrons. The molecular weight excluding hydrogens is 703 g/mol. The molecule has 2 aromatic heterocycles. The number of fused-ring (bicyclic) bond motifs is 2. The van der Waals surface area contributed by atoms with E-state index in [-0.39, 0.29) is 35.5 Å². The van der Waals surface area contributed by atoms with Gasteiger partial charge in [0.15, 0.2) is 12.7 Å². The van der Waals surface area contributed by atoms with Crippen LogP contribution < -0.4 is 45.5 Å². The van der Waals surface area contributed by atoms with Crippen LogP contribution in [-0.4, -0.2) is 65.6 Å². The average Bonchev–Trinajstić information content (AvgIpc) is 3.86. The van der Waals surface area contributed by atoms with Crippen molar-refractivity contribution >= 4 is 69.5 Å². The molecule has 3 aromatic rings. The van der Waals surface area contributed by atoms with Gasteiger partial charge < -0.3 is 26.2 Å². The average molecular weight is 751 g/mol. The van der Waals surface area contributed by atoms with Gasteiger partial charge in [0.2, 0.25) is 17.5 Å². The fraction of sp³-hybridized carbons (Fsp3) is 0.486. The third-order valence-corrected chi connectivity index (χ3v) is 13.6. The first-order valence-corrected chi connectivity index (χ1v) is 20.7. The van der Waals surface area contributed by atoms with Gasteiger partial charge in [-0.05, 0) is 50.8 Å². The number of nitrogens with zero attached hydrogens (tertiary/aromatic N) is 3. The number of urea groups is 1. The minimum atomic E-state index is -0.0602. The number of rotatable bonds is 16. The van der Waals surface area contributed by atoms with Gasteiger partial charge in [-0.25, -0.2) is 4.79 Å². The first-order chi connectivity index (χ1) is 24.8. The number of para-hydroxylation sites is 1. The van der Waals surface area contributed by atoms with E-state index in [0.717, 1.165) is 74.8 Å². The number of thioether (sulfide) groups is 2. The molecule has 0 aliphatic carbocycles. The van der Waals surface area contributed by atoms with Gasteiger partial charge >= 0.3 is 6.03 Å². The molecule has 3 unspecified atom stereocenters. The monoisotopic (exact) mass is 750 g/mol. The SMILES string of the molecule is CCn1c(=Cc2cccc[n+]2CCNC(=O)CCCCCNC(=O)CCCCC2SCC3NC(=O)NC32)sc(=C2Sc3ccccc3N2C)c1=O. The number of nitrogens with one attached hydrogen (secondary N) is 4. The smallest absolute Gasteiger partial charge is 0.315 e. The Bertz CT molecular complexity index is 1910. The van der Waals surface area contributed by atoms with Crippen molar-refractivity contribution in [3.05, 3.63) is 73.9 Å². The van der Waals surface area contributed by atoms with Crippen LogP contribution >= 0.6 is 34.9 Å². The topological polar surface area (TPSA) is 128 Å². The lowest BCUT2D eigenvalue weighted by molar-refractivity contribution is -0.696. The Morgan fingerprint density at radius 1 is 0.961 bits per heavy atom. The second kappa shape index (κ2) is 17.6. The molecule has 4 N–H and O–H groups in total. The van der Waals surface area contributed by atoms with Crippen molar-refractivity contribution < 1.29 is 19.0 Å². The number of unbranched alkanes of at least 4 members (excludes halogenated alkanes) is 3. The van der Waals surface area contributed by atoms with Gasteiger partial charge in [-0.2, -0.15) is 16.3 Å². The summed E-state index contributed by atoms with van der Waals surface area (Å²) in [4.78, 5) is 53.1. The summed E-state index contributed by atoms with van der Waals surface area (Å²) in [5, 5.41) is 13.4. The molecular formula is C37H48N7O4S3+. The van der Waals surface area contributed by atoms with Gasteiger partial charge in [-0.15, -0.1) is 11.3 Å². The van der Waals surface area contributed by atoms with Crippen molar-refractivity contribution in [2.75, 3.05) is 30.8 Å². The molecule has 3 aliphatic rings. The van der Waals surface area contributed by atoms with Crippen LogP contribution in [-0.2, 0) is 22.7 Å². The number of amides is 4. The number of aromatic nitrogens is 2. The Balaban J connectivity index is 0.898. The molecule has 14 heteroatoms. The second-order valence-electron chi connectivity index (χ2n) is 13.1. The fourth-order valence-electron chi connectivity index (χ4n) is 6.80. The Kier molecular flexibility index (Phi) is 12.8. The lowest BCUT2D eigenvalue weighted by Gasteiger charge is -2.16. The fourth-order valence-corrected chi connectivity index (χ4v) is 10.8. The third kappa shape index (κ3) is 9.19. The van der Waals surface area contributed by atoms with Crippen molar-refractivity contribution in [1.29, 1.82) is 0 Å². The molecule has 0 bridgehead atoms. The first kappa shape index (κ1) is 37.0. The van der Waals surface area contributed by atoms with Crippen LogP contribution in [0.15, 0.2) is 58.4 Å². The van der Waals surface area contributed by atoms with Crippen molar-refractivity contribution in [3.8, 4) is 0 Å². The first-order valence-electron chi connectivity index (χ1n) is 18.0. The highest BCUT2D eigenvalue weighted by molar-refractivity contribution is 8.08. The number of carbonyl (C=O) groups is 3. The molecule has 1 aromatic carbocycles. The van der Waals surface area contributed by atoms with E-state index in [4.69, 9.17) is 0 Å². The predicted molar refractivity (Wildman–Crippen MR) is 206 cm³/mol. The van der Waals surface area contributed by atoms with E-state index in [9.17, 15) is 19.2 Å². The van der Waals surface area contributed by atoms with Gasteiger partial charge in [-0.1, -0.05) is 36.7 Å². The zero-order valence-electron chi connectivity index (χ0n) is 29.3. The molecule has 2 saturated heterocycles. The molecule has 6 rings (SSSR count). The summed E-state index contributed by atoms with van der Waals surface area (Å²) in [6.07, 6.45) is 10.4. The number of anilines is 1. The van der Waals surface area contributed by atoms with Gasteiger partial charge in [0.25, 0.3) is 5.56 Å². The maximum absolute atomic E-state index is 13.5. The number of hydrogen-bond donors (Lipinski definition) is 4. The molecule has 3 atom stereocenters. The summed E-state index contributed by atoms with van der Waals surface area (Å²) >= 11 is 5.06. The summed E-state index contributed by atoms with van der Waals surface area (Å²) in [6, 6.07) is 14.6. The van der Waals surface area contributed by atoms with E-state index >= 15 is 0 Å². The molecule has 51 heavy (non-hydrogen) atoms. The minimum absolute atomic E-state index is 0.0243. The Labute approximate surface area is 311 Å². The second-order valence-corrected chi connectivity index (χ2v) is 16.4. The van der Waals surface area contributed by atoms with Crippen molar-refractivity contribution in [2.24, 2.45) is 0 Å². The van der Waals surface area contributed by atoms with Crippen LogP contribution in [0.4, 0.5) is 10.5 Å². The third-order valence-electron chi connectivity index (χ3n) is 9.57. The standard InChI is InChI=1S/C37H47N7O4S3/c1-3-44-32(51-34(35(44)47)36-42(2)27-14-6-7-15-28(27)50-36)23-25-13-10-12-21-43(25)22-20-39-31(46)17-5-4-11-19-38-30(45)18-9-8-16-29-33-26(24-49-29)40-37(48)41-33/h6-7,10,12-15,21,23,26,29,33H,3-5,8-9,11,16-20,22,24H2,1-2H3,(H3-,38,39,40,41,45,46,48)/p+1. The van der Waals surface area contributed by atoms with Crippen LogP contribution in [0.3, 0.4) is 0 Å². The molecule has 0 spiro atoms. The minimum Gasteiger partial charge on any atom is -0.356 e. The maximum Gasteiger partial charge on any atom is 0.315 e. The Morgan fingerprint density at radius 3 is 2.53 bits per heavy atom. The van der Waals surface area contributed by atoms with Crippen LogP contribution in [0.25, 0.3) is 11.1 Å². The Hall–Kier alpha value is -3.75. The van der Waals surface area contributed by atoms with E-state index in [0.29, 0.717) is 44.3 Å². The summed E-state index contributed by atoms with van der Waals surface area (Å²) in [5.41, 5.74) is 2.10. The molecule has 5 heterocycles. The van der Waals surface area contributed by atoms with Gasteiger partial charge in [0.1, 0.15) is 14.2 Å². The van der Waals surface area contributed by atoms with E-state index in [1.165, 1.54) is 11.3 Å². The van der Waals surface area contributed by atoms with E-state index in [1.54, 1.807) is 11.8 Å².